The topological polar surface area (TPSA) is 73.9 Å². The Labute approximate surface area is 148 Å². The van der Waals surface area contributed by atoms with E-state index in [4.69, 9.17) is 14.2 Å². The van der Waals surface area contributed by atoms with Gasteiger partial charge in [-0.1, -0.05) is 13.8 Å². The van der Waals surface area contributed by atoms with Gasteiger partial charge in [0.1, 0.15) is 0 Å². The largest absolute Gasteiger partial charge is 0.490 e. The summed E-state index contributed by atoms with van der Waals surface area (Å²) in [7, 11) is 0. The second-order valence-electron chi connectivity index (χ2n) is 6.19. The summed E-state index contributed by atoms with van der Waals surface area (Å²) in [6.45, 7) is 6.70. The van der Waals surface area contributed by atoms with E-state index in [-0.39, 0.29) is 11.9 Å². The molecular formula is C19H27NO5. The molecule has 1 aromatic rings. The molecule has 138 valence electrons. The van der Waals surface area contributed by atoms with Crippen molar-refractivity contribution in [3.8, 4) is 11.5 Å². The van der Waals surface area contributed by atoms with Crippen LogP contribution in [0.2, 0.25) is 0 Å². The summed E-state index contributed by atoms with van der Waals surface area (Å²) in [6, 6.07) is 5.16. The third-order valence-corrected chi connectivity index (χ3v) is 3.68. The van der Waals surface area contributed by atoms with E-state index in [1.165, 1.54) is 0 Å². The predicted molar refractivity (Wildman–Crippen MR) is 94.1 cm³/mol. The zero-order valence-electron chi connectivity index (χ0n) is 15.2. The number of hydrogen-bond donors (Lipinski definition) is 1. The minimum atomic E-state index is -0.830. The van der Waals surface area contributed by atoms with Gasteiger partial charge in [-0.2, -0.15) is 0 Å². The van der Waals surface area contributed by atoms with Crippen molar-refractivity contribution < 1.29 is 23.8 Å². The van der Waals surface area contributed by atoms with Crippen molar-refractivity contribution in [3.63, 3.8) is 0 Å². The molecule has 0 saturated heterocycles. The minimum absolute atomic E-state index is 0.234. The van der Waals surface area contributed by atoms with Crippen molar-refractivity contribution in [2.75, 3.05) is 13.2 Å². The van der Waals surface area contributed by atoms with Gasteiger partial charge in [0, 0.05) is 6.04 Å². The lowest BCUT2D eigenvalue weighted by molar-refractivity contribution is -0.129. The number of ether oxygens (including phenoxy) is 3. The summed E-state index contributed by atoms with van der Waals surface area (Å²) in [5.74, 6) is 0.300. The number of nitrogens with one attached hydrogen (secondary N) is 1. The summed E-state index contributed by atoms with van der Waals surface area (Å²) in [5.41, 5.74) is 0.334. The smallest absolute Gasteiger partial charge is 0.339 e. The predicted octanol–water partition coefficient (Wildman–Crippen LogP) is 3.09. The van der Waals surface area contributed by atoms with E-state index in [9.17, 15) is 9.59 Å². The zero-order valence-corrected chi connectivity index (χ0v) is 15.2. The van der Waals surface area contributed by atoms with Gasteiger partial charge in [0.15, 0.2) is 17.6 Å². The highest BCUT2D eigenvalue weighted by Crippen LogP contribution is 2.29. The van der Waals surface area contributed by atoms with Crippen LogP contribution < -0.4 is 14.8 Å². The molecule has 1 aliphatic carbocycles. The van der Waals surface area contributed by atoms with Crippen molar-refractivity contribution in [2.24, 2.45) is 0 Å². The highest BCUT2D eigenvalue weighted by atomic mass is 16.5. The Morgan fingerprint density at radius 1 is 1.12 bits per heavy atom. The van der Waals surface area contributed by atoms with E-state index in [0.717, 1.165) is 25.7 Å². The Morgan fingerprint density at radius 2 is 1.76 bits per heavy atom. The van der Waals surface area contributed by atoms with Crippen LogP contribution in [0.25, 0.3) is 0 Å². The van der Waals surface area contributed by atoms with E-state index < -0.39 is 12.1 Å². The van der Waals surface area contributed by atoms with Gasteiger partial charge in [-0.25, -0.2) is 4.79 Å². The fourth-order valence-electron chi connectivity index (χ4n) is 2.12. The fourth-order valence-corrected chi connectivity index (χ4v) is 2.12. The van der Waals surface area contributed by atoms with Crippen LogP contribution in [0.15, 0.2) is 18.2 Å². The monoisotopic (exact) mass is 349 g/mol. The number of amides is 1. The summed E-state index contributed by atoms with van der Waals surface area (Å²) in [4.78, 5) is 24.2. The summed E-state index contributed by atoms with van der Waals surface area (Å²) >= 11 is 0. The van der Waals surface area contributed by atoms with Crippen LogP contribution in [0.4, 0.5) is 0 Å². The Kier molecular flexibility index (Phi) is 7.10. The van der Waals surface area contributed by atoms with Gasteiger partial charge < -0.3 is 19.5 Å². The van der Waals surface area contributed by atoms with Gasteiger partial charge in [0.25, 0.3) is 5.91 Å². The molecule has 1 aromatic carbocycles. The van der Waals surface area contributed by atoms with E-state index >= 15 is 0 Å². The standard InChI is InChI=1S/C19H27NO5/c1-4-10-23-16-9-6-14(12-17(16)24-11-5-2)19(22)25-13(3)18(21)20-15-7-8-15/h6,9,12-13,15H,4-5,7-8,10-11H2,1-3H3,(H,20,21)/t13-/m1/s1. The molecule has 0 spiro atoms. The Morgan fingerprint density at radius 3 is 2.36 bits per heavy atom. The van der Waals surface area contributed by atoms with Gasteiger partial charge >= 0.3 is 5.97 Å². The number of rotatable bonds is 10. The van der Waals surface area contributed by atoms with Crippen LogP contribution in [-0.4, -0.2) is 37.2 Å². The molecule has 1 saturated carbocycles. The molecule has 25 heavy (non-hydrogen) atoms. The Hall–Kier alpha value is -2.24. The molecule has 0 bridgehead atoms. The summed E-state index contributed by atoms with van der Waals surface area (Å²) < 4.78 is 16.6. The molecule has 0 unspecified atom stereocenters. The van der Waals surface area contributed by atoms with E-state index in [1.807, 2.05) is 13.8 Å². The lowest BCUT2D eigenvalue weighted by Gasteiger charge is -2.15. The number of benzene rings is 1. The first-order chi connectivity index (χ1) is 12.0. The van der Waals surface area contributed by atoms with Crippen molar-refractivity contribution in [3.05, 3.63) is 23.8 Å². The molecule has 0 aliphatic heterocycles. The van der Waals surface area contributed by atoms with Crippen molar-refractivity contribution in [2.45, 2.75) is 58.6 Å². The van der Waals surface area contributed by atoms with E-state index in [2.05, 4.69) is 5.32 Å². The third kappa shape index (κ3) is 5.96. The first-order valence-electron chi connectivity index (χ1n) is 8.96. The second kappa shape index (κ2) is 9.30. The highest BCUT2D eigenvalue weighted by Gasteiger charge is 2.27. The van der Waals surface area contributed by atoms with Crippen molar-refractivity contribution in [1.82, 2.24) is 5.32 Å². The number of carbonyl (C=O) groups excluding carboxylic acids is 2. The minimum Gasteiger partial charge on any atom is -0.490 e. The third-order valence-electron chi connectivity index (χ3n) is 3.68. The molecule has 1 aliphatic rings. The normalized spacial score (nSPS) is 14.5. The van der Waals surface area contributed by atoms with Gasteiger partial charge in [0.05, 0.1) is 18.8 Å². The summed E-state index contributed by atoms with van der Waals surface area (Å²) in [5, 5.41) is 2.82. The first kappa shape index (κ1) is 19.1. The molecule has 1 N–H and O–H groups in total. The summed E-state index contributed by atoms with van der Waals surface area (Å²) in [6.07, 6.45) is 2.88. The van der Waals surface area contributed by atoms with Gasteiger partial charge in [-0.3, -0.25) is 4.79 Å². The average Bonchev–Trinajstić information content (AvgIpc) is 3.42. The molecule has 0 radical (unpaired) electrons. The quantitative estimate of drug-likeness (QED) is 0.657. The molecule has 1 atom stereocenters. The average molecular weight is 349 g/mol. The molecule has 2 rings (SSSR count). The maximum absolute atomic E-state index is 12.3. The Balaban J connectivity index is 2.02. The van der Waals surface area contributed by atoms with E-state index in [0.29, 0.717) is 30.3 Å². The van der Waals surface area contributed by atoms with Crippen molar-refractivity contribution in [1.29, 1.82) is 0 Å². The molecule has 1 fully saturated rings. The number of carbonyl (C=O) groups is 2. The van der Waals surface area contributed by atoms with Crippen LogP contribution >= 0.6 is 0 Å². The van der Waals surface area contributed by atoms with Crippen LogP contribution in [0.1, 0.15) is 56.8 Å². The molecule has 6 nitrogen and oxygen atoms in total. The SMILES string of the molecule is CCCOc1ccc(C(=O)O[C@H](C)C(=O)NC2CC2)cc1OCCC. The lowest BCUT2D eigenvalue weighted by atomic mass is 10.2. The van der Waals surface area contributed by atoms with Gasteiger partial charge in [-0.15, -0.1) is 0 Å². The molecule has 0 heterocycles. The second-order valence-corrected chi connectivity index (χ2v) is 6.19. The van der Waals surface area contributed by atoms with Crippen LogP contribution in [0.5, 0.6) is 11.5 Å². The van der Waals surface area contributed by atoms with Crippen molar-refractivity contribution >= 4 is 11.9 Å². The molecule has 6 heteroatoms. The fraction of sp³-hybridized carbons (Fsp3) is 0.579. The van der Waals surface area contributed by atoms with Crippen LogP contribution in [0, 0.1) is 0 Å². The lowest BCUT2D eigenvalue weighted by Crippen LogP contribution is -2.37. The number of esters is 1. The molecular weight excluding hydrogens is 322 g/mol. The van der Waals surface area contributed by atoms with Gasteiger partial charge in [-0.05, 0) is 50.8 Å². The highest BCUT2D eigenvalue weighted by molar-refractivity contribution is 5.93. The first-order valence-corrected chi connectivity index (χ1v) is 8.96. The Bertz CT molecular complexity index is 597. The zero-order chi connectivity index (χ0) is 18.2. The maximum Gasteiger partial charge on any atom is 0.339 e. The molecule has 0 aromatic heterocycles. The molecule has 1 amide bonds. The number of hydrogen-bond acceptors (Lipinski definition) is 5. The van der Waals surface area contributed by atoms with Gasteiger partial charge in [0.2, 0.25) is 0 Å². The maximum atomic E-state index is 12.3. The van der Waals surface area contributed by atoms with Crippen LogP contribution in [-0.2, 0) is 9.53 Å². The van der Waals surface area contributed by atoms with Crippen LogP contribution in [0.3, 0.4) is 0 Å². The van der Waals surface area contributed by atoms with E-state index in [1.54, 1.807) is 25.1 Å².